The monoisotopic (exact) mass is 234 g/mol. The first-order chi connectivity index (χ1) is 8.35. The third kappa shape index (κ3) is 2.99. The lowest BCUT2D eigenvalue weighted by Crippen LogP contribution is -2.43. The Morgan fingerprint density at radius 2 is 2.06 bits per heavy atom. The number of aryl methyl sites for hydroxylation is 1. The van der Waals surface area contributed by atoms with Crippen LogP contribution in [0.1, 0.15) is 31.7 Å². The van der Waals surface area contributed by atoms with Crippen molar-refractivity contribution in [2.24, 2.45) is 5.90 Å². The van der Waals surface area contributed by atoms with E-state index in [1.165, 1.54) is 30.5 Å². The van der Waals surface area contributed by atoms with Crippen molar-refractivity contribution >= 4 is 5.69 Å². The molecule has 1 heterocycles. The third-order valence-corrected chi connectivity index (χ3v) is 3.59. The van der Waals surface area contributed by atoms with Crippen molar-refractivity contribution in [3.8, 4) is 0 Å². The molecule has 1 atom stereocenters. The van der Waals surface area contributed by atoms with Crippen LogP contribution in [0.25, 0.3) is 0 Å². The first kappa shape index (κ1) is 12.4. The van der Waals surface area contributed by atoms with Crippen LogP contribution in [0.15, 0.2) is 24.3 Å². The lowest BCUT2D eigenvalue weighted by Gasteiger charge is -2.37. The molecular formula is C14H22N2O. The number of rotatable bonds is 4. The van der Waals surface area contributed by atoms with Crippen LogP contribution in [-0.4, -0.2) is 19.2 Å². The fourth-order valence-corrected chi connectivity index (χ4v) is 2.55. The molecule has 17 heavy (non-hydrogen) atoms. The lowest BCUT2D eigenvalue weighted by molar-refractivity contribution is 0.114. The maximum atomic E-state index is 5.22. The van der Waals surface area contributed by atoms with Gasteiger partial charge >= 0.3 is 0 Å². The molecular weight excluding hydrogens is 212 g/mol. The second-order valence-electron chi connectivity index (χ2n) is 4.70. The number of hydrogen-bond acceptors (Lipinski definition) is 3. The SMILES string of the molecule is CCc1ccc(N2CCCCC2CON)cc1. The highest BCUT2D eigenvalue weighted by Crippen LogP contribution is 2.25. The average molecular weight is 234 g/mol. The van der Waals surface area contributed by atoms with E-state index in [9.17, 15) is 0 Å². The van der Waals surface area contributed by atoms with E-state index in [0.717, 1.165) is 13.0 Å². The smallest absolute Gasteiger partial charge is 0.0882 e. The van der Waals surface area contributed by atoms with Crippen LogP contribution in [0.2, 0.25) is 0 Å². The van der Waals surface area contributed by atoms with Crippen molar-refractivity contribution in [2.45, 2.75) is 38.6 Å². The molecule has 1 aliphatic rings. The predicted molar refractivity (Wildman–Crippen MR) is 70.9 cm³/mol. The summed E-state index contributed by atoms with van der Waals surface area (Å²) in [5, 5.41) is 0. The van der Waals surface area contributed by atoms with Crippen LogP contribution in [0.4, 0.5) is 5.69 Å². The number of piperidine rings is 1. The normalized spacial score (nSPS) is 20.6. The Kier molecular flexibility index (Phi) is 4.40. The van der Waals surface area contributed by atoms with Gasteiger partial charge in [0.25, 0.3) is 0 Å². The van der Waals surface area contributed by atoms with E-state index in [0.29, 0.717) is 12.6 Å². The van der Waals surface area contributed by atoms with Crippen LogP contribution in [0, 0.1) is 0 Å². The Hall–Kier alpha value is -1.06. The highest BCUT2D eigenvalue weighted by Gasteiger charge is 2.22. The summed E-state index contributed by atoms with van der Waals surface area (Å²) in [5.74, 6) is 5.22. The van der Waals surface area contributed by atoms with Crippen molar-refractivity contribution in [1.29, 1.82) is 0 Å². The Labute approximate surface area is 104 Å². The first-order valence-electron chi connectivity index (χ1n) is 6.52. The van der Waals surface area contributed by atoms with E-state index in [-0.39, 0.29) is 0 Å². The summed E-state index contributed by atoms with van der Waals surface area (Å²) in [6.45, 7) is 3.91. The van der Waals surface area contributed by atoms with Crippen molar-refractivity contribution in [2.75, 3.05) is 18.1 Å². The quantitative estimate of drug-likeness (QED) is 0.813. The molecule has 3 nitrogen and oxygen atoms in total. The van der Waals surface area contributed by atoms with E-state index >= 15 is 0 Å². The highest BCUT2D eigenvalue weighted by molar-refractivity contribution is 5.49. The van der Waals surface area contributed by atoms with Gasteiger partial charge in [0.05, 0.1) is 12.6 Å². The topological polar surface area (TPSA) is 38.5 Å². The molecule has 2 N–H and O–H groups in total. The highest BCUT2D eigenvalue weighted by atomic mass is 16.6. The van der Waals surface area contributed by atoms with E-state index < -0.39 is 0 Å². The molecule has 0 aliphatic carbocycles. The zero-order chi connectivity index (χ0) is 12.1. The molecule has 1 fully saturated rings. The van der Waals surface area contributed by atoms with Gasteiger partial charge in [0.15, 0.2) is 0 Å². The summed E-state index contributed by atoms with van der Waals surface area (Å²) in [7, 11) is 0. The Morgan fingerprint density at radius 3 is 2.71 bits per heavy atom. The lowest BCUT2D eigenvalue weighted by atomic mass is 10.0. The zero-order valence-electron chi connectivity index (χ0n) is 10.6. The molecule has 1 aliphatic heterocycles. The number of benzene rings is 1. The van der Waals surface area contributed by atoms with E-state index in [1.807, 2.05) is 0 Å². The van der Waals surface area contributed by atoms with Gasteiger partial charge in [-0.05, 0) is 43.4 Å². The van der Waals surface area contributed by atoms with Crippen LogP contribution in [0.3, 0.4) is 0 Å². The van der Waals surface area contributed by atoms with Gasteiger partial charge in [-0.1, -0.05) is 19.1 Å². The minimum absolute atomic E-state index is 0.432. The molecule has 0 bridgehead atoms. The van der Waals surface area contributed by atoms with Crippen LogP contribution >= 0.6 is 0 Å². The van der Waals surface area contributed by atoms with Crippen molar-refractivity contribution in [1.82, 2.24) is 0 Å². The maximum Gasteiger partial charge on any atom is 0.0882 e. The molecule has 1 aromatic rings. The van der Waals surface area contributed by atoms with Gasteiger partial charge in [0, 0.05) is 12.2 Å². The Balaban J connectivity index is 2.11. The van der Waals surface area contributed by atoms with Gasteiger partial charge < -0.3 is 9.74 Å². The molecule has 1 aromatic carbocycles. The molecule has 0 aromatic heterocycles. The van der Waals surface area contributed by atoms with Crippen molar-refractivity contribution in [3.05, 3.63) is 29.8 Å². The second kappa shape index (κ2) is 6.03. The van der Waals surface area contributed by atoms with Gasteiger partial charge in [-0.25, -0.2) is 5.90 Å². The van der Waals surface area contributed by atoms with E-state index in [4.69, 9.17) is 10.7 Å². The molecule has 2 rings (SSSR count). The molecule has 1 saturated heterocycles. The largest absolute Gasteiger partial charge is 0.366 e. The summed E-state index contributed by atoms with van der Waals surface area (Å²) in [4.78, 5) is 7.26. The summed E-state index contributed by atoms with van der Waals surface area (Å²) < 4.78 is 0. The molecule has 0 spiro atoms. The van der Waals surface area contributed by atoms with E-state index in [2.05, 4.69) is 36.1 Å². The second-order valence-corrected chi connectivity index (χ2v) is 4.70. The predicted octanol–water partition coefficient (Wildman–Crippen LogP) is 2.50. The van der Waals surface area contributed by atoms with Crippen LogP contribution in [0.5, 0.6) is 0 Å². The van der Waals surface area contributed by atoms with Crippen LogP contribution in [-0.2, 0) is 11.3 Å². The zero-order valence-corrected chi connectivity index (χ0v) is 10.6. The van der Waals surface area contributed by atoms with Gasteiger partial charge in [-0.2, -0.15) is 0 Å². The van der Waals surface area contributed by atoms with Crippen molar-refractivity contribution < 1.29 is 4.84 Å². The molecule has 3 heteroatoms. The molecule has 0 saturated carbocycles. The minimum Gasteiger partial charge on any atom is -0.366 e. The maximum absolute atomic E-state index is 5.22. The van der Waals surface area contributed by atoms with Crippen molar-refractivity contribution in [3.63, 3.8) is 0 Å². The van der Waals surface area contributed by atoms with Gasteiger partial charge in [-0.3, -0.25) is 0 Å². The standard InChI is InChI=1S/C14H22N2O/c1-2-12-6-8-13(9-7-12)16-10-4-3-5-14(16)11-17-15/h6-9,14H,2-5,10-11,15H2,1H3. The first-order valence-corrected chi connectivity index (χ1v) is 6.52. The summed E-state index contributed by atoms with van der Waals surface area (Å²) >= 11 is 0. The van der Waals surface area contributed by atoms with Gasteiger partial charge in [-0.15, -0.1) is 0 Å². The molecule has 0 amide bonds. The third-order valence-electron chi connectivity index (χ3n) is 3.59. The summed E-state index contributed by atoms with van der Waals surface area (Å²) in [5.41, 5.74) is 2.68. The number of nitrogens with zero attached hydrogens (tertiary/aromatic N) is 1. The minimum atomic E-state index is 0.432. The van der Waals surface area contributed by atoms with Gasteiger partial charge in [0.2, 0.25) is 0 Å². The van der Waals surface area contributed by atoms with E-state index in [1.54, 1.807) is 0 Å². The molecule has 0 radical (unpaired) electrons. The number of hydrogen-bond donors (Lipinski definition) is 1. The average Bonchev–Trinajstić information content (AvgIpc) is 2.40. The number of nitrogens with two attached hydrogens (primary N) is 1. The Bertz CT molecular complexity index is 335. The van der Waals surface area contributed by atoms with Gasteiger partial charge in [0.1, 0.15) is 0 Å². The summed E-state index contributed by atoms with van der Waals surface area (Å²) in [6.07, 6.45) is 4.80. The molecule has 1 unspecified atom stereocenters. The summed E-state index contributed by atoms with van der Waals surface area (Å²) in [6, 6.07) is 9.29. The number of anilines is 1. The molecule has 94 valence electrons. The fourth-order valence-electron chi connectivity index (χ4n) is 2.55. The van der Waals surface area contributed by atoms with Crippen LogP contribution < -0.4 is 10.8 Å². The fraction of sp³-hybridized carbons (Fsp3) is 0.571. The Morgan fingerprint density at radius 1 is 1.29 bits per heavy atom.